The fraction of sp³-hybridized carbons (Fsp3) is 0.619. The van der Waals surface area contributed by atoms with E-state index in [-0.39, 0.29) is 31.8 Å². The van der Waals surface area contributed by atoms with Gasteiger partial charge in [-0.2, -0.15) is 0 Å². The van der Waals surface area contributed by atoms with Gasteiger partial charge in [-0.15, -0.1) is 0 Å². The number of alkyl halides is 1. The third-order valence-electron chi connectivity index (χ3n) is 5.00. The van der Waals surface area contributed by atoms with Crippen LogP contribution < -0.4 is 0 Å². The summed E-state index contributed by atoms with van der Waals surface area (Å²) in [6.45, 7) is 7.87. The predicted molar refractivity (Wildman–Crippen MR) is 106 cm³/mol. The Hall–Kier alpha value is -2.35. The van der Waals surface area contributed by atoms with Crippen molar-refractivity contribution in [2.75, 3.05) is 39.3 Å². The van der Waals surface area contributed by atoms with E-state index in [2.05, 4.69) is 0 Å². The number of halogens is 1. The van der Waals surface area contributed by atoms with Crippen LogP contribution in [0.3, 0.4) is 0 Å². The van der Waals surface area contributed by atoms with Crippen molar-refractivity contribution >= 4 is 12.2 Å². The molecule has 0 aliphatic carbocycles. The number of hydrogen-bond acceptors (Lipinski definition) is 5. The number of hydrogen-bond donors (Lipinski definition) is 0. The second kappa shape index (κ2) is 8.98. The van der Waals surface area contributed by atoms with E-state index in [0.29, 0.717) is 26.2 Å². The van der Waals surface area contributed by atoms with Gasteiger partial charge in [0.1, 0.15) is 18.4 Å². The lowest BCUT2D eigenvalue weighted by molar-refractivity contribution is 0.0145. The van der Waals surface area contributed by atoms with Crippen molar-refractivity contribution in [3.05, 3.63) is 35.9 Å². The van der Waals surface area contributed by atoms with Crippen LogP contribution in [-0.2, 0) is 16.1 Å². The van der Waals surface area contributed by atoms with E-state index in [1.54, 1.807) is 25.7 Å². The summed E-state index contributed by atoms with van der Waals surface area (Å²) in [4.78, 5) is 29.5. The van der Waals surface area contributed by atoms with Crippen LogP contribution in [0.4, 0.5) is 14.0 Å². The molecule has 0 N–H and O–H groups in total. The molecule has 2 amide bonds. The molecule has 0 unspecified atom stereocenters. The lowest BCUT2D eigenvalue weighted by Crippen LogP contribution is -2.62. The van der Waals surface area contributed by atoms with Gasteiger partial charge in [-0.05, 0) is 26.3 Å². The van der Waals surface area contributed by atoms with E-state index in [1.165, 1.54) is 4.90 Å². The number of benzene rings is 1. The molecular formula is C21H30FN3O4. The maximum atomic E-state index is 14.4. The fourth-order valence-electron chi connectivity index (χ4n) is 3.45. The Labute approximate surface area is 171 Å². The molecule has 2 aliphatic rings. The van der Waals surface area contributed by atoms with Crippen LogP contribution in [0.1, 0.15) is 26.3 Å². The first-order chi connectivity index (χ1) is 13.7. The van der Waals surface area contributed by atoms with E-state index in [9.17, 15) is 14.0 Å². The molecule has 160 valence electrons. The van der Waals surface area contributed by atoms with E-state index >= 15 is 0 Å². The first kappa shape index (κ1) is 21.4. The molecule has 0 bridgehead atoms. The molecule has 7 nitrogen and oxygen atoms in total. The van der Waals surface area contributed by atoms with Crippen molar-refractivity contribution in [3.8, 4) is 0 Å². The highest BCUT2D eigenvalue weighted by Crippen LogP contribution is 2.20. The SMILES string of the molecule is CC(C)(C)OC(=O)N1CCN(C2CN(C(=O)OCc3ccccc3)C2)C[C@@H](F)C1. The standard InChI is InChI=1S/C21H30FN3O4/c1-21(2,3)29-20(27)24-10-9-23(11-17(22)12-24)18-13-25(14-18)19(26)28-15-16-7-5-4-6-8-16/h4-8,17-18H,9-15H2,1-3H3/t17-/m1/s1. The van der Waals surface area contributed by atoms with Gasteiger partial charge in [-0.1, -0.05) is 30.3 Å². The molecule has 0 saturated carbocycles. The largest absolute Gasteiger partial charge is 0.445 e. The number of amides is 2. The quantitative estimate of drug-likeness (QED) is 0.771. The molecule has 1 atom stereocenters. The van der Waals surface area contributed by atoms with Gasteiger partial charge in [0.15, 0.2) is 0 Å². The van der Waals surface area contributed by atoms with Gasteiger partial charge < -0.3 is 19.3 Å². The molecule has 0 spiro atoms. The van der Waals surface area contributed by atoms with Crippen LogP contribution in [0.2, 0.25) is 0 Å². The van der Waals surface area contributed by atoms with Crippen molar-refractivity contribution in [2.45, 2.75) is 45.2 Å². The highest BCUT2D eigenvalue weighted by molar-refractivity contribution is 5.69. The van der Waals surface area contributed by atoms with Crippen molar-refractivity contribution in [3.63, 3.8) is 0 Å². The Morgan fingerprint density at radius 1 is 1.00 bits per heavy atom. The lowest BCUT2D eigenvalue weighted by Gasteiger charge is -2.44. The number of carbonyl (C=O) groups is 2. The van der Waals surface area contributed by atoms with E-state index in [4.69, 9.17) is 9.47 Å². The Kier molecular flexibility index (Phi) is 6.62. The molecule has 3 rings (SSSR count). The third-order valence-corrected chi connectivity index (χ3v) is 5.00. The molecule has 29 heavy (non-hydrogen) atoms. The summed E-state index contributed by atoms with van der Waals surface area (Å²) in [7, 11) is 0. The highest BCUT2D eigenvalue weighted by Gasteiger charge is 2.38. The zero-order valence-electron chi connectivity index (χ0n) is 17.3. The summed E-state index contributed by atoms with van der Waals surface area (Å²) in [5.41, 5.74) is 0.330. The third kappa shape index (κ3) is 6.06. The molecule has 8 heteroatoms. The second-order valence-electron chi connectivity index (χ2n) is 8.62. The van der Waals surface area contributed by atoms with Gasteiger partial charge in [0.05, 0.1) is 6.54 Å². The van der Waals surface area contributed by atoms with Gasteiger partial charge in [0.2, 0.25) is 0 Å². The first-order valence-corrected chi connectivity index (χ1v) is 10.0. The molecular weight excluding hydrogens is 377 g/mol. The maximum absolute atomic E-state index is 14.4. The minimum atomic E-state index is -1.15. The molecule has 0 radical (unpaired) electrons. The van der Waals surface area contributed by atoms with Gasteiger partial charge in [-0.25, -0.2) is 14.0 Å². The molecule has 2 aliphatic heterocycles. The molecule has 2 fully saturated rings. The summed E-state index contributed by atoms with van der Waals surface area (Å²) in [5.74, 6) is 0. The Bertz CT molecular complexity index is 704. The van der Waals surface area contributed by atoms with Gasteiger partial charge >= 0.3 is 12.2 Å². The van der Waals surface area contributed by atoms with Gasteiger partial charge in [-0.3, -0.25) is 4.90 Å². The molecule has 2 heterocycles. The molecule has 1 aromatic rings. The van der Waals surface area contributed by atoms with Crippen molar-refractivity contribution in [1.82, 2.24) is 14.7 Å². The number of ether oxygens (including phenoxy) is 2. The predicted octanol–water partition coefficient (Wildman–Crippen LogP) is 2.90. The fourth-order valence-corrected chi connectivity index (χ4v) is 3.45. The topological polar surface area (TPSA) is 62.3 Å². The highest BCUT2D eigenvalue weighted by atomic mass is 19.1. The Morgan fingerprint density at radius 2 is 1.69 bits per heavy atom. The monoisotopic (exact) mass is 407 g/mol. The molecule has 2 saturated heterocycles. The minimum Gasteiger partial charge on any atom is -0.445 e. The normalized spacial score (nSPS) is 21.3. The zero-order valence-corrected chi connectivity index (χ0v) is 17.3. The summed E-state index contributed by atoms with van der Waals surface area (Å²) in [6, 6.07) is 9.60. The van der Waals surface area contributed by atoms with Crippen LogP contribution in [0.15, 0.2) is 30.3 Å². The first-order valence-electron chi connectivity index (χ1n) is 10.0. The summed E-state index contributed by atoms with van der Waals surface area (Å²) < 4.78 is 25.1. The Balaban J connectivity index is 1.44. The maximum Gasteiger partial charge on any atom is 0.410 e. The van der Waals surface area contributed by atoms with E-state index in [0.717, 1.165) is 5.56 Å². The van der Waals surface area contributed by atoms with Crippen molar-refractivity contribution in [1.29, 1.82) is 0 Å². The van der Waals surface area contributed by atoms with Crippen LogP contribution in [0.25, 0.3) is 0 Å². The number of likely N-dealkylation sites (tertiary alicyclic amines) is 1. The lowest BCUT2D eigenvalue weighted by atomic mass is 10.1. The Morgan fingerprint density at radius 3 is 2.34 bits per heavy atom. The molecule has 0 aromatic heterocycles. The average Bonchev–Trinajstić information content (AvgIpc) is 2.80. The molecule has 1 aromatic carbocycles. The van der Waals surface area contributed by atoms with Crippen LogP contribution in [0, 0.1) is 0 Å². The average molecular weight is 407 g/mol. The zero-order chi connectivity index (χ0) is 21.0. The van der Waals surface area contributed by atoms with E-state index < -0.39 is 17.9 Å². The van der Waals surface area contributed by atoms with Gasteiger partial charge in [0, 0.05) is 38.8 Å². The number of carbonyl (C=O) groups excluding carboxylic acids is 2. The van der Waals surface area contributed by atoms with Crippen LogP contribution >= 0.6 is 0 Å². The van der Waals surface area contributed by atoms with Crippen molar-refractivity contribution in [2.24, 2.45) is 0 Å². The summed E-state index contributed by atoms with van der Waals surface area (Å²) in [5, 5.41) is 0. The summed E-state index contributed by atoms with van der Waals surface area (Å²) in [6.07, 6.45) is -1.99. The van der Waals surface area contributed by atoms with Gasteiger partial charge in [0.25, 0.3) is 0 Å². The van der Waals surface area contributed by atoms with Crippen LogP contribution in [0.5, 0.6) is 0 Å². The number of nitrogens with zero attached hydrogens (tertiary/aromatic N) is 3. The van der Waals surface area contributed by atoms with Crippen molar-refractivity contribution < 1.29 is 23.5 Å². The summed E-state index contributed by atoms with van der Waals surface area (Å²) >= 11 is 0. The van der Waals surface area contributed by atoms with Crippen LogP contribution in [-0.4, -0.2) is 84.0 Å². The smallest absolute Gasteiger partial charge is 0.410 e. The minimum absolute atomic E-state index is 0.0287. The number of rotatable bonds is 3. The second-order valence-corrected chi connectivity index (χ2v) is 8.62. The van der Waals surface area contributed by atoms with E-state index in [1.807, 2.05) is 35.2 Å².